The first-order valence-corrected chi connectivity index (χ1v) is 10.5. The molecule has 126 valence electrons. The number of nitrogens with one attached hydrogen (secondary N) is 1. The summed E-state index contributed by atoms with van der Waals surface area (Å²) in [5, 5.41) is 3.74. The molecule has 1 fully saturated rings. The Bertz CT molecular complexity index is 250. The minimum Gasteiger partial charge on any atom is -0.316 e. The van der Waals surface area contributed by atoms with E-state index < -0.39 is 0 Å². The number of rotatable bonds is 10. The zero-order valence-corrected chi connectivity index (χ0v) is 15.7. The van der Waals surface area contributed by atoms with Crippen molar-refractivity contribution in [3.05, 3.63) is 0 Å². The average Bonchev–Trinajstić information content (AvgIpc) is 2.71. The van der Waals surface area contributed by atoms with Gasteiger partial charge in [0.2, 0.25) is 0 Å². The molecule has 1 N–H and O–H groups in total. The molecule has 0 spiro atoms. The summed E-state index contributed by atoms with van der Waals surface area (Å²) >= 11 is 1.99. The third kappa shape index (κ3) is 6.92. The first-order chi connectivity index (χ1) is 10.2. The molecule has 1 unspecified atom stereocenters. The molecule has 2 nitrogen and oxygen atoms in total. The van der Waals surface area contributed by atoms with Crippen molar-refractivity contribution in [1.29, 1.82) is 0 Å². The van der Waals surface area contributed by atoms with Crippen molar-refractivity contribution < 1.29 is 0 Å². The summed E-state index contributed by atoms with van der Waals surface area (Å²) in [6.07, 6.45) is 13.4. The fraction of sp³-hybridized carbons (Fsp3) is 1.00. The lowest BCUT2D eigenvalue weighted by molar-refractivity contribution is 0.120. The van der Waals surface area contributed by atoms with Crippen molar-refractivity contribution in [3.8, 4) is 0 Å². The summed E-state index contributed by atoms with van der Waals surface area (Å²) in [5.74, 6) is 1.27. The highest BCUT2D eigenvalue weighted by molar-refractivity contribution is 7.98. The van der Waals surface area contributed by atoms with Crippen LogP contribution >= 0.6 is 11.8 Å². The lowest BCUT2D eigenvalue weighted by atomic mass is 9.79. The Labute approximate surface area is 137 Å². The van der Waals surface area contributed by atoms with Crippen LogP contribution in [0.2, 0.25) is 0 Å². The van der Waals surface area contributed by atoms with E-state index in [9.17, 15) is 0 Å². The van der Waals surface area contributed by atoms with Crippen molar-refractivity contribution in [2.24, 2.45) is 5.41 Å². The second-order valence-electron chi connectivity index (χ2n) is 7.02. The van der Waals surface area contributed by atoms with E-state index in [1.165, 1.54) is 76.8 Å². The zero-order valence-electron chi connectivity index (χ0n) is 14.9. The molecule has 0 radical (unpaired) electrons. The van der Waals surface area contributed by atoms with E-state index in [0.29, 0.717) is 5.41 Å². The van der Waals surface area contributed by atoms with Gasteiger partial charge in [0.05, 0.1) is 0 Å². The van der Waals surface area contributed by atoms with E-state index >= 15 is 0 Å². The van der Waals surface area contributed by atoms with Crippen molar-refractivity contribution in [3.63, 3.8) is 0 Å². The highest BCUT2D eigenvalue weighted by atomic mass is 32.2. The van der Waals surface area contributed by atoms with Gasteiger partial charge >= 0.3 is 0 Å². The SMILES string of the molecule is CCCNCC1(CN(C)C(CC)CSC)CCCCCC1. The van der Waals surface area contributed by atoms with Crippen LogP contribution in [0.4, 0.5) is 0 Å². The molecule has 1 rings (SSSR count). The summed E-state index contributed by atoms with van der Waals surface area (Å²) in [7, 11) is 2.36. The second-order valence-corrected chi connectivity index (χ2v) is 7.93. The molecule has 1 aliphatic rings. The molecular weight excluding hydrogens is 276 g/mol. The van der Waals surface area contributed by atoms with Gasteiger partial charge in [0.15, 0.2) is 0 Å². The smallest absolute Gasteiger partial charge is 0.0180 e. The van der Waals surface area contributed by atoms with Crippen molar-refractivity contribution in [2.45, 2.75) is 71.3 Å². The molecule has 0 aliphatic heterocycles. The lowest BCUT2D eigenvalue weighted by Gasteiger charge is -2.40. The van der Waals surface area contributed by atoms with Gasteiger partial charge in [-0.25, -0.2) is 0 Å². The van der Waals surface area contributed by atoms with Crippen molar-refractivity contribution in [1.82, 2.24) is 10.2 Å². The van der Waals surface area contributed by atoms with Gasteiger partial charge in [0.1, 0.15) is 0 Å². The summed E-state index contributed by atoms with van der Waals surface area (Å²) < 4.78 is 0. The minimum absolute atomic E-state index is 0.520. The third-order valence-corrected chi connectivity index (χ3v) is 5.85. The Morgan fingerprint density at radius 3 is 2.33 bits per heavy atom. The first kappa shape index (κ1) is 19.3. The summed E-state index contributed by atoms with van der Waals surface area (Å²) in [4.78, 5) is 2.66. The topological polar surface area (TPSA) is 15.3 Å². The van der Waals surface area contributed by atoms with Gasteiger partial charge in [0, 0.05) is 24.9 Å². The van der Waals surface area contributed by atoms with Crippen LogP contribution in [0.3, 0.4) is 0 Å². The standard InChI is InChI=1S/C18H38N2S/c1-5-13-19-15-18(11-9-7-8-10-12-18)16-20(3)17(6-2)14-21-4/h17,19H,5-16H2,1-4H3. The molecule has 1 aliphatic carbocycles. The number of thioether (sulfide) groups is 1. The van der Waals surface area contributed by atoms with Crippen LogP contribution in [0.15, 0.2) is 0 Å². The Morgan fingerprint density at radius 2 is 1.81 bits per heavy atom. The van der Waals surface area contributed by atoms with Crippen LogP contribution in [0.25, 0.3) is 0 Å². The molecule has 0 bridgehead atoms. The lowest BCUT2D eigenvalue weighted by Crippen LogP contribution is -2.46. The van der Waals surface area contributed by atoms with Gasteiger partial charge in [-0.3, -0.25) is 0 Å². The van der Waals surface area contributed by atoms with Crippen LogP contribution in [0.5, 0.6) is 0 Å². The fourth-order valence-electron chi connectivity index (χ4n) is 3.81. The van der Waals surface area contributed by atoms with E-state index in [0.717, 1.165) is 6.04 Å². The molecule has 0 heterocycles. The van der Waals surface area contributed by atoms with E-state index in [-0.39, 0.29) is 0 Å². The van der Waals surface area contributed by atoms with Gasteiger partial charge in [-0.15, -0.1) is 0 Å². The van der Waals surface area contributed by atoms with E-state index in [1.807, 2.05) is 11.8 Å². The second kappa shape index (κ2) is 10.9. The minimum atomic E-state index is 0.520. The van der Waals surface area contributed by atoms with Gasteiger partial charge in [-0.1, -0.05) is 39.5 Å². The highest BCUT2D eigenvalue weighted by Crippen LogP contribution is 2.36. The Balaban J connectivity index is 2.65. The molecule has 0 aromatic heterocycles. The van der Waals surface area contributed by atoms with Crippen LogP contribution in [0, 0.1) is 5.41 Å². The highest BCUT2D eigenvalue weighted by Gasteiger charge is 2.33. The number of hydrogen-bond donors (Lipinski definition) is 1. The van der Waals surface area contributed by atoms with Crippen LogP contribution in [-0.4, -0.2) is 49.6 Å². The molecule has 0 aromatic carbocycles. The number of nitrogens with zero attached hydrogens (tertiary/aromatic N) is 1. The van der Waals surface area contributed by atoms with Crippen molar-refractivity contribution >= 4 is 11.8 Å². The molecule has 3 heteroatoms. The normalized spacial score (nSPS) is 20.4. The molecule has 21 heavy (non-hydrogen) atoms. The number of hydrogen-bond acceptors (Lipinski definition) is 3. The molecule has 0 amide bonds. The Kier molecular flexibility index (Phi) is 10.0. The van der Waals surface area contributed by atoms with E-state index in [2.05, 4.69) is 37.4 Å². The quantitative estimate of drug-likeness (QED) is 0.475. The Morgan fingerprint density at radius 1 is 1.14 bits per heavy atom. The maximum atomic E-state index is 3.74. The van der Waals surface area contributed by atoms with Crippen LogP contribution in [-0.2, 0) is 0 Å². The monoisotopic (exact) mass is 314 g/mol. The Hall–Kier alpha value is 0.270. The van der Waals surface area contributed by atoms with E-state index in [1.54, 1.807) is 0 Å². The van der Waals surface area contributed by atoms with Crippen LogP contribution in [0.1, 0.15) is 65.2 Å². The zero-order chi connectivity index (χ0) is 15.6. The largest absolute Gasteiger partial charge is 0.316 e. The van der Waals surface area contributed by atoms with Gasteiger partial charge in [0.25, 0.3) is 0 Å². The third-order valence-electron chi connectivity index (χ3n) is 5.13. The van der Waals surface area contributed by atoms with Gasteiger partial charge in [-0.05, 0) is 50.9 Å². The molecule has 1 saturated carbocycles. The fourth-order valence-corrected chi connectivity index (χ4v) is 4.68. The van der Waals surface area contributed by atoms with E-state index in [4.69, 9.17) is 0 Å². The molecule has 0 saturated heterocycles. The first-order valence-electron chi connectivity index (χ1n) is 9.07. The average molecular weight is 315 g/mol. The predicted molar refractivity (Wildman–Crippen MR) is 98.4 cm³/mol. The van der Waals surface area contributed by atoms with Gasteiger partial charge in [-0.2, -0.15) is 11.8 Å². The maximum absolute atomic E-state index is 3.74. The molecular formula is C18H38N2S. The van der Waals surface area contributed by atoms with Crippen molar-refractivity contribution in [2.75, 3.05) is 38.7 Å². The molecule has 1 atom stereocenters. The van der Waals surface area contributed by atoms with Crippen LogP contribution < -0.4 is 5.32 Å². The predicted octanol–water partition coefficient (Wildman–Crippen LogP) is 4.40. The summed E-state index contributed by atoms with van der Waals surface area (Å²) in [6.45, 7) is 8.29. The summed E-state index contributed by atoms with van der Waals surface area (Å²) in [5.41, 5.74) is 0.520. The summed E-state index contributed by atoms with van der Waals surface area (Å²) in [6, 6.07) is 0.742. The molecule has 0 aromatic rings. The van der Waals surface area contributed by atoms with Gasteiger partial charge < -0.3 is 10.2 Å². The maximum Gasteiger partial charge on any atom is 0.0180 e.